The summed E-state index contributed by atoms with van der Waals surface area (Å²) in [6, 6.07) is 7.48. The topological polar surface area (TPSA) is 49.7 Å². The van der Waals surface area contributed by atoms with Crippen molar-refractivity contribution >= 4 is 17.7 Å². The van der Waals surface area contributed by atoms with Crippen molar-refractivity contribution in [3.05, 3.63) is 29.8 Å². The Hall–Kier alpha value is -1.93. The molecule has 82 valence electrons. The summed E-state index contributed by atoms with van der Waals surface area (Å²) < 4.78 is 0. The molecule has 4 nitrogen and oxygen atoms in total. The lowest BCUT2D eigenvalue weighted by Gasteiger charge is -2.15. The summed E-state index contributed by atoms with van der Waals surface area (Å²) in [5.74, 6) is 0.00727. The van der Waals surface area contributed by atoms with E-state index < -0.39 is 0 Å². The molecule has 0 bridgehead atoms. The van der Waals surface area contributed by atoms with E-state index in [1.807, 2.05) is 31.2 Å². The molecule has 0 aliphatic carbocycles. The Balaban J connectivity index is 2.19. The van der Waals surface area contributed by atoms with Gasteiger partial charge in [-0.15, -0.1) is 0 Å². The molecule has 0 N–H and O–H groups in total. The van der Waals surface area contributed by atoms with Gasteiger partial charge in [0.1, 0.15) is 0 Å². The van der Waals surface area contributed by atoms with Crippen molar-refractivity contribution in [2.75, 3.05) is 11.4 Å². The van der Waals surface area contributed by atoms with Gasteiger partial charge in [-0.25, -0.2) is 9.79 Å². The highest BCUT2D eigenvalue weighted by molar-refractivity contribution is 5.96. The lowest BCUT2D eigenvalue weighted by molar-refractivity contribution is -0.117. The average molecular weight is 216 g/mol. The van der Waals surface area contributed by atoms with Gasteiger partial charge in [0.15, 0.2) is 0 Å². The molecule has 4 heteroatoms. The quantitative estimate of drug-likeness (QED) is 0.554. The van der Waals surface area contributed by atoms with Crippen LogP contribution in [-0.2, 0) is 9.59 Å². The van der Waals surface area contributed by atoms with Crippen LogP contribution < -0.4 is 4.90 Å². The SMILES string of the molecule is Cc1ccc(N2CC(N=C=O)CC2=O)cc1. The van der Waals surface area contributed by atoms with Crippen LogP contribution in [0.1, 0.15) is 12.0 Å². The number of aryl methyl sites for hydroxylation is 1. The second-order valence-electron chi connectivity index (χ2n) is 3.92. The van der Waals surface area contributed by atoms with Crippen LogP contribution in [0.15, 0.2) is 29.3 Å². The lowest BCUT2D eigenvalue weighted by Crippen LogP contribution is -2.24. The second kappa shape index (κ2) is 4.29. The van der Waals surface area contributed by atoms with Crippen molar-refractivity contribution in [1.82, 2.24) is 0 Å². The highest BCUT2D eigenvalue weighted by Gasteiger charge is 2.30. The monoisotopic (exact) mass is 216 g/mol. The van der Waals surface area contributed by atoms with Crippen molar-refractivity contribution in [3.63, 3.8) is 0 Å². The molecule has 2 rings (SSSR count). The maximum absolute atomic E-state index is 11.7. The Morgan fingerprint density at radius 2 is 2.06 bits per heavy atom. The molecule has 1 aromatic rings. The number of aliphatic imine (C=N–C) groups is 1. The zero-order valence-electron chi connectivity index (χ0n) is 9.01. The number of isocyanates is 1. The number of amides is 1. The van der Waals surface area contributed by atoms with Gasteiger partial charge in [0.25, 0.3) is 0 Å². The van der Waals surface area contributed by atoms with Crippen molar-refractivity contribution in [1.29, 1.82) is 0 Å². The summed E-state index contributed by atoms with van der Waals surface area (Å²) in [4.78, 5) is 27.1. The van der Waals surface area contributed by atoms with Crippen LogP contribution in [0.2, 0.25) is 0 Å². The number of rotatable bonds is 2. The van der Waals surface area contributed by atoms with E-state index in [1.165, 1.54) is 6.08 Å². The molecule has 0 spiro atoms. The maximum atomic E-state index is 11.7. The highest BCUT2D eigenvalue weighted by Crippen LogP contribution is 2.22. The largest absolute Gasteiger partial charge is 0.310 e. The summed E-state index contributed by atoms with van der Waals surface area (Å²) in [6.07, 6.45) is 1.80. The van der Waals surface area contributed by atoms with Crippen molar-refractivity contribution in [2.24, 2.45) is 4.99 Å². The van der Waals surface area contributed by atoms with Crippen LogP contribution in [0.5, 0.6) is 0 Å². The van der Waals surface area contributed by atoms with E-state index >= 15 is 0 Å². The van der Waals surface area contributed by atoms with Gasteiger partial charge in [0.05, 0.1) is 12.5 Å². The lowest BCUT2D eigenvalue weighted by atomic mass is 10.2. The molecule has 1 aliphatic heterocycles. The number of anilines is 1. The van der Waals surface area contributed by atoms with E-state index in [1.54, 1.807) is 4.90 Å². The summed E-state index contributed by atoms with van der Waals surface area (Å²) >= 11 is 0. The zero-order valence-corrected chi connectivity index (χ0v) is 9.01. The minimum absolute atomic E-state index is 0.00727. The Labute approximate surface area is 93.6 Å². The number of carbonyl (C=O) groups is 1. The van der Waals surface area contributed by atoms with Crippen LogP contribution in [0.3, 0.4) is 0 Å². The third-order valence-corrected chi connectivity index (χ3v) is 2.69. The fourth-order valence-corrected chi connectivity index (χ4v) is 1.82. The smallest absolute Gasteiger partial charge is 0.235 e. The standard InChI is InChI=1S/C12H12N2O2/c1-9-2-4-11(5-3-9)14-7-10(13-8-15)6-12(14)16/h2-5,10H,6-7H2,1H3. The molecular weight excluding hydrogens is 204 g/mol. The summed E-state index contributed by atoms with van der Waals surface area (Å²) in [6.45, 7) is 2.46. The summed E-state index contributed by atoms with van der Waals surface area (Å²) in [5, 5.41) is 0. The zero-order chi connectivity index (χ0) is 11.5. The molecule has 1 amide bonds. The van der Waals surface area contributed by atoms with E-state index in [-0.39, 0.29) is 11.9 Å². The molecule has 0 saturated carbocycles. The van der Waals surface area contributed by atoms with Gasteiger partial charge in [0.2, 0.25) is 12.0 Å². The second-order valence-corrected chi connectivity index (χ2v) is 3.92. The number of carbonyl (C=O) groups excluding carboxylic acids is 2. The Morgan fingerprint density at radius 3 is 2.69 bits per heavy atom. The van der Waals surface area contributed by atoms with E-state index in [0.717, 1.165) is 11.3 Å². The number of benzene rings is 1. The molecule has 1 atom stereocenters. The van der Waals surface area contributed by atoms with Gasteiger partial charge >= 0.3 is 0 Å². The normalized spacial score (nSPS) is 19.7. The Kier molecular flexibility index (Phi) is 2.84. The number of hydrogen-bond acceptors (Lipinski definition) is 3. The fraction of sp³-hybridized carbons (Fsp3) is 0.333. The highest BCUT2D eigenvalue weighted by atomic mass is 16.2. The first-order valence-electron chi connectivity index (χ1n) is 5.14. The maximum Gasteiger partial charge on any atom is 0.235 e. The molecule has 1 fully saturated rings. The van der Waals surface area contributed by atoms with E-state index in [2.05, 4.69) is 4.99 Å². The van der Waals surface area contributed by atoms with Crippen LogP contribution in [0, 0.1) is 6.92 Å². The molecule has 0 radical (unpaired) electrons. The van der Waals surface area contributed by atoms with Gasteiger partial charge in [-0.3, -0.25) is 4.79 Å². The molecule has 0 aromatic heterocycles. The van der Waals surface area contributed by atoms with Crippen LogP contribution in [0.4, 0.5) is 5.69 Å². The van der Waals surface area contributed by atoms with E-state index in [0.29, 0.717) is 13.0 Å². The Morgan fingerprint density at radius 1 is 1.38 bits per heavy atom. The molecule has 1 saturated heterocycles. The third kappa shape index (κ3) is 2.02. The average Bonchev–Trinajstić information content (AvgIpc) is 2.61. The minimum atomic E-state index is -0.244. The predicted molar refractivity (Wildman–Crippen MR) is 60.1 cm³/mol. The fourth-order valence-electron chi connectivity index (χ4n) is 1.82. The van der Waals surface area contributed by atoms with Gasteiger partial charge in [-0.1, -0.05) is 17.7 Å². The van der Waals surface area contributed by atoms with E-state index in [9.17, 15) is 9.59 Å². The van der Waals surface area contributed by atoms with Crippen molar-refractivity contribution in [3.8, 4) is 0 Å². The first-order valence-corrected chi connectivity index (χ1v) is 5.14. The molecule has 16 heavy (non-hydrogen) atoms. The van der Waals surface area contributed by atoms with Gasteiger partial charge in [0, 0.05) is 12.2 Å². The van der Waals surface area contributed by atoms with Crippen LogP contribution in [0.25, 0.3) is 0 Å². The molecule has 1 aromatic carbocycles. The minimum Gasteiger partial charge on any atom is -0.310 e. The predicted octanol–water partition coefficient (Wildman–Crippen LogP) is 1.44. The first-order chi connectivity index (χ1) is 7.70. The van der Waals surface area contributed by atoms with Crippen molar-refractivity contribution < 1.29 is 9.59 Å². The third-order valence-electron chi connectivity index (χ3n) is 2.69. The Bertz CT molecular complexity index is 447. The van der Waals surface area contributed by atoms with Gasteiger partial charge in [-0.2, -0.15) is 0 Å². The first kappa shape index (κ1) is 10.6. The van der Waals surface area contributed by atoms with Crippen LogP contribution in [-0.4, -0.2) is 24.6 Å². The number of nitrogens with zero attached hydrogens (tertiary/aromatic N) is 2. The summed E-state index contributed by atoms with van der Waals surface area (Å²) in [7, 11) is 0. The molecular formula is C12H12N2O2. The molecule has 1 unspecified atom stereocenters. The van der Waals surface area contributed by atoms with E-state index in [4.69, 9.17) is 0 Å². The molecule has 1 heterocycles. The van der Waals surface area contributed by atoms with Crippen molar-refractivity contribution in [2.45, 2.75) is 19.4 Å². The summed E-state index contributed by atoms with van der Waals surface area (Å²) in [5.41, 5.74) is 2.01. The van der Waals surface area contributed by atoms with Crippen LogP contribution >= 0.6 is 0 Å². The van der Waals surface area contributed by atoms with Gasteiger partial charge in [-0.05, 0) is 19.1 Å². The van der Waals surface area contributed by atoms with Gasteiger partial charge < -0.3 is 4.90 Å². The molecule has 1 aliphatic rings. The number of hydrogen-bond donors (Lipinski definition) is 0.